The highest BCUT2D eigenvalue weighted by Crippen LogP contribution is 2.35. The molecule has 3 heterocycles. The molecular formula is C30H39N7OS. The lowest BCUT2D eigenvalue weighted by Gasteiger charge is -2.32. The van der Waals surface area contributed by atoms with Gasteiger partial charge in [-0.25, -0.2) is 0 Å². The third-order valence-corrected chi connectivity index (χ3v) is 7.27. The molecule has 1 aliphatic heterocycles. The number of nitrogens with one attached hydrogen (secondary N) is 1. The minimum Gasteiger partial charge on any atom is -0.486 e. The van der Waals surface area contributed by atoms with Crippen LogP contribution >= 0.6 is 11.8 Å². The highest BCUT2D eigenvalue weighted by atomic mass is 32.2. The summed E-state index contributed by atoms with van der Waals surface area (Å²) in [7, 11) is 2.15. The summed E-state index contributed by atoms with van der Waals surface area (Å²) in [6, 6.07) is 8.79. The zero-order valence-electron chi connectivity index (χ0n) is 31.2. The maximum Gasteiger partial charge on any atom is 0.196 e. The molecule has 2 aromatic heterocycles. The van der Waals surface area contributed by atoms with Crippen molar-refractivity contribution < 1.29 is 17.1 Å². The van der Waals surface area contributed by atoms with Gasteiger partial charge in [-0.1, -0.05) is 36.3 Å². The van der Waals surface area contributed by atoms with Crippen molar-refractivity contribution >= 4 is 11.8 Å². The lowest BCUT2D eigenvalue weighted by atomic mass is 10.1. The average molecular weight is 555 g/mol. The average Bonchev–Trinajstić information content (AvgIpc) is 3.46. The van der Waals surface area contributed by atoms with Crippen LogP contribution in [0, 0.1) is 18.8 Å². The summed E-state index contributed by atoms with van der Waals surface area (Å²) in [6.45, 7) is 8.63. The topological polar surface area (TPSA) is 71.3 Å². The maximum atomic E-state index is 8.90. The number of aryl methyl sites for hydroxylation is 1. The van der Waals surface area contributed by atoms with Crippen LogP contribution in [-0.2, 0) is 6.61 Å². The molecule has 1 aromatic carbocycles. The standard InChI is InChI=1S/C30H39N7OS/c1-24-21-27(12-11-25(24)7-5-13-31-15-16-36-19-17-35(2)18-20-36)38-23-29-33-34-30(39-28-9-3-4-10-28)37(29)26-8-6-14-32-22-26/h6,8,11-12,14,21-22,28,31H,3-4,9-10,13,15-20,23H2,1-2H3/i3D2,4D2,9D2,10D2,28D. The zero-order chi connectivity index (χ0) is 35.0. The molecule has 0 atom stereocenters. The Balaban J connectivity index is 1.28. The monoisotopic (exact) mass is 554 g/mol. The summed E-state index contributed by atoms with van der Waals surface area (Å²) in [5.74, 6) is 7.12. The second kappa shape index (κ2) is 13.9. The van der Waals surface area contributed by atoms with Crippen molar-refractivity contribution in [3.05, 3.63) is 59.7 Å². The first-order valence-corrected chi connectivity index (χ1v) is 13.7. The summed E-state index contributed by atoms with van der Waals surface area (Å²) in [6.07, 6.45) is -10.1. The Morgan fingerprint density at radius 1 is 1.18 bits per heavy atom. The van der Waals surface area contributed by atoms with E-state index < -0.39 is 30.7 Å². The molecule has 1 N–H and O–H groups in total. The smallest absolute Gasteiger partial charge is 0.196 e. The van der Waals surface area contributed by atoms with Gasteiger partial charge in [-0.3, -0.25) is 14.5 Å². The van der Waals surface area contributed by atoms with Gasteiger partial charge >= 0.3 is 0 Å². The highest BCUT2D eigenvalue weighted by molar-refractivity contribution is 7.99. The quantitative estimate of drug-likeness (QED) is 0.300. The van der Waals surface area contributed by atoms with E-state index in [1.165, 1.54) is 17.0 Å². The van der Waals surface area contributed by atoms with E-state index in [0.717, 1.165) is 50.4 Å². The van der Waals surface area contributed by atoms with E-state index in [2.05, 4.69) is 49.2 Å². The largest absolute Gasteiger partial charge is 0.486 e. The molecule has 2 fully saturated rings. The van der Waals surface area contributed by atoms with Crippen LogP contribution in [0.1, 0.15) is 54.8 Å². The van der Waals surface area contributed by atoms with Gasteiger partial charge in [-0.2, -0.15) is 0 Å². The van der Waals surface area contributed by atoms with Gasteiger partial charge in [0.15, 0.2) is 11.0 Å². The zero-order valence-corrected chi connectivity index (χ0v) is 23.0. The second-order valence-electron chi connectivity index (χ2n) is 9.27. The van der Waals surface area contributed by atoms with Crippen molar-refractivity contribution in [3.63, 3.8) is 0 Å². The Bertz CT molecular complexity index is 1630. The summed E-state index contributed by atoms with van der Waals surface area (Å²) in [5, 5.41) is 8.53. The third kappa shape index (κ3) is 7.83. The molecule has 3 aromatic rings. The van der Waals surface area contributed by atoms with Gasteiger partial charge < -0.3 is 15.0 Å². The van der Waals surface area contributed by atoms with E-state index in [-0.39, 0.29) is 29.3 Å². The molecular weight excluding hydrogens is 506 g/mol. The Hall–Kier alpha value is -2.90. The number of aromatic nitrogens is 4. The molecule has 5 rings (SSSR count). The third-order valence-electron chi connectivity index (χ3n) is 6.42. The van der Waals surface area contributed by atoms with E-state index in [0.29, 0.717) is 18.0 Å². The molecule has 0 radical (unpaired) electrons. The molecule has 8 nitrogen and oxygen atoms in total. The van der Waals surface area contributed by atoms with Crippen LogP contribution < -0.4 is 10.1 Å². The van der Waals surface area contributed by atoms with E-state index in [1.807, 2.05) is 19.1 Å². The van der Waals surface area contributed by atoms with E-state index in [9.17, 15) is 0 Å². The fourth-order valence-corrected chi connectivity index (χ4v) is 4.94. The Labute approximate surface area is 249 Å². The summed E-state index contributed by atoms with van der Waals surface area (Å²) in [4.78, 5) is 8.90. The fourth-order valence-electron chi connectivity index (χ4n) is 4.17. The first-order chi connectivity index (χ1) is 22.5. The molecule has 0 unspecified atom stereocenters. The fraction of sp³-hybridized carbons (Fsp3) is 0.500. The summed E-state index contributed by atoms with van der Waals surface area (Å²) < 4.78 is 82.6. The van der Waals surface area contributed by atoms with E-state index in [4.69, 9.17) is 17.1 Å². The van der Waals surface area contributed by atoms with Crippen molar-refractivity contribution in [2.45, 2.75) is 49.4 Å². The summed E-state index contributed by atoms with van der Waals surface area (Å²) in [5.41, 5.74) is 2.19. The van der Waals surface area contributed by atoms with Crippen LogP contribution in [0.3, 0.4) is 0 Å². The predicted molar refractivity (Wildman–Crippen MR) is 156 cm³/mol. The van der Waals surface area contributed by atoms with Gasteiger partial charge in [0.05, 0.1) is 18.4 Å². The minimum absolute atomic E-state index is 0.115. The Kier molecular flexibility index (Phi) is 6.60. The van der Waals surface area contributed by atoms with Crippen molar-refractivity contribution in [3.8, 4) is 23.3 Å². The lowest BCUT2D eigenvalue weighted by molar-refractivity contribution is 0.155. The number of ether oxygens (including phenoxy) is 1. The molecule has 1 saturated carbocycles. The molecule has 0 amide bonds. The number of pyridine rings is 1. The number of rotatable bonds is 10. The SMILES string of the molecule is [2H]C1([2H])C([2H])([2H])C([2H])([2H])C([2H])(Sc2nnc(COc3ccc(C#CCNCCN4CCN(C)CC4)c(C)c3)n2-c2cccnc2)C1([2H])[2H]. The van der Waals surface area contributed by atoms with Crippen LogP contribution in [0.4, 0.5) is 0 Å². The van der Waals surface area contributed by atoms with Crippen LogP contribution in [0.15, 0.2) is 47.9 Å². The van der Waals surface area contributed by atoms with Crippen molar-refractivity contribution in [2.75, 3.05) is 52.9 Å². The lowest BCUT2D eigenvalue weighted by Crippen LogP contribution is -2.46. The maximum absolute atomic E-state index is 8.90. The molecule has 9 heteroatoms. The molecule has 206 valence electrons. The van der Waals surface area contributed by atoms with Gasteiger partial charge in [0, 0.05) is 68.6 Å². The van der Waals surface area contributed by atoms with Crippen LogP contribution in [-0.4, -0.2) is 87.6 Å². The van der Waals surface area contributed by atoms with Crippen LogP contribution in [0.2, 0.25) is 0 Å². The van der Waals surface area contributed by atoms with Crippen LogP contribution in [0.5, 0.6) is 5.75 Å². The van der Waals surface area contributed by atoms with Gasteiger partial charge in [0.2, 0.25) is 0 Å². The van der Waals surface area contributed by atoms with Gasteiger partial charge in [-0.05, 0) is 62.6 Å². The molecule has 1 aliphatic carbocycles. The van der Waals surface area contributed by atoms with Gasteiger partial charge in [-0.15, -0.1) is 10.2 Å². The molecule has 2 aliphatic rings. The number of hydrogen-bond acceptors (Lipinski definition) is 8. The molecule has 0 bridgehead atoms. The Morgan fingerprint density at radius 2 is 2.03 bits per heavy atom. The first kappa shape index (κ1) is 18.4. The Morgan fingerprint density at radius 3 is 2.79 bits per heavy atom. The van der Waals surface area contributed by atoms with E-state index in [1.54, 1.807) is 18.2 Å². The highest BCUT2D eigenvalue weighted by Gasteiger charge is 2.22. The normalized spacial score (nSPS) is 26.2. The van der Waals surface area contributed by atoms with Crippen molar-refractivity contribution in [1.29, 1.82) is 0 Å². The number of hydrogen-bond donors (Lipinski definition) is 1. The van der Waals surface area contributed by atoms with Gasteiger partial charge in [0.1, 0.15) is 12.4 Å². The number of benzene rings is 1. The number of likely N-dealkylation sites (N-methyl/N-ethyl adjacent to an activating group) is 1. The van der Waals surface area contributed by atoms with Crippen molar-refractivity contribution in [2.24, 2.45) is 0 Å². The molecule has 39 heavy (non-hydrogen) atoms. The predicted octanol–water partition coefficient (Wildman–Crippen LogP) is 3.77. The van der Waals surface area contributed by atoms with Crippen LogP contribution in [0.25, 0.3) is 5.69 Å². The summed E-state index contributed by atoms with van der Waals surface area (Å²) >= 11 is 0.278. The molecule has 1 saturated heterocycles. The number of nitrogens with zero attached hydrogens (tertiary/aromatic N) is 6. The second-order valence-corrected chi connectivity index (χ2v) is 10.2. The molecule has 0 spiro atoms. The minimum atomic E-state index is -3.32. The van der Waals surface area contributed by atoms with Gasteiger partial charge in [0.25, 0.3) is 0 Å². The first-order valence-electron chi connectivity index (χ1n) is 17.4. The van der Waals surface area contributed by atoms with Crippen molar-refractivity contribution in [1.82, 2.24) is 34.9 Å². The number of thioether (sulfide) groups is 1. The van der Waals surface area contributed by atoms with E-state index >= 15 is 0 Å². The number of piperazine rings is 1.